The van der Waals surface area contributed by atoms with Gasteiger partial charge >= 0.3 is 6.09 Å². The Morgan fingerprint density at radius 3 is 2.75 bits per heavy atom. The quantitative estimate of drug-likeness (QED) is 0.765. The molecule has 2 aliphatic rings. The summed E-state index contributed by atoms with van der Waals surface area (Å²) < 4.78 is 16.3. The van der Waals surface area contributed by atoms with E-state index < -0.39 is 0 Å². The van der Waals surface area contributed by atoms with E-state index in [2.05, 4.69) is 6.07 Å². The lowest BCUT2D eigenvalue weighted by Crippen LogP contribution is -2.49. The third kappa shape index (κ3) is 5.14. The molecule has 8 heteroatoms. The average Bonchev–Trinajstić information content (AvgIpc) is 2.76. The number of hydrogen-bond acceptors (Lipinski definition) is 6. The number of ether oxygens (including phenoxy) is 3. The molecule has 3 rings (SSSR count). The minimum Gasteiger partial charge on any atom is -0.482 e. The normalized spacial score (nSPS) is 19.6. The zero-order valence-corrected chi connectivity index (χ0v) is 15.8. The number of rotatable bonds is 5. The van der Waals surface area contributed by atoms with Crippen LogP contribution in [0.3, 0.4) is 0 Å². The standard InChI is InChI=1S/C20H25N3O5/c21-13-16-5-1-2-7-18(16)27-15-19(24)23-8-4-3-6-17(23)14-28-20(25)22-9-11-26-12-10-22/h1-2,5,7,17H,3-4,6,8-12,14-15H2/t17-/m1/s1. The van der Waals surface area contributed by atoms with Crippen LogP contribution in [0.4, 0.5) is 4.79 Å². The van der Waals surface area contributed by atoms with Gasteiger partial charge in [-0.15, -0.1) is 0 Å². The van der Waals surface area contributed by atoms with Crippen LogP contribution in [0.2, 0.25) is 0 Å². The molecule has 0 radical (unpaired) electrons. The molecule has 2 heterocycles. The van der Waals surface area contributed by atoms with Gasteiger partial charge in [-0.1, -0.05) is 12.1 Å². The first kappa shape index (κ1) is 20.0. The van der Waals surface area contributed by atoms with Crippen LogP contribution < -0.4 is 4.74 Å². The van der Waals surface area contributed by atoms with Crippen LogP contribution in [-0.4, -0.2) is 73.9 Å². The number of hydrogen-bond donors (Lipinski definition) is 0. The SMILES string of the molecule is N#Cc1ccccc1OCC(=O)N1CCCC[C@@H]1COC(=O)N1CCOCC1. The van der Waals surface area contributed by atoms with Crippen molar-refractivity contribution >= 4 is 12.0 Å². The van der Waals surface area contributed by atoms with E-state index in [0.29, 0.717) is 44.2 Å². The molecule has 0 aliphatic carbocycles. The number of likely N-dealkylation sites (tertiary alicyclic amines) is 1. The maximum Gasteiger partial charge on any atom is 0.409 e. The first-order chi connectivity index (χ1) is 13.7. The minimum absolute atomic E-state index is 0.146. The third-order valence-corrected chi connectivity index (χ3v) is 4.97. The van der Waals surface area contributed by atoms with Crippen molar-refractivity contribution in [2.45, 2.75) is 25.3 Å². The Labute approximate surface area is 164 Å². The molecule has 8 nitrogen and oxygen atoms in total. The van der Waals surface area contributed by atoms with Gasteiger partial charge < -0.3 is 24.0 Å². The van der Waals surface area contributed by atoms with Crippen LogP contribution in [0.15, 0.2) is 24.3 Å². The molecule has 0 spiro atoms. The Hall–Kier alpha value is -2.79. The fourth-order valence-corrected chi connectivity index (χ4v) is 3.41. The molecule has 1 aromatic rings. The van der Waals surface area contributed by atoms with E-state index in [9.17, 15) is 9.59 Å². The Morgan fingerprint density at radius 2 is 1.96 bits per heavy atom. The molecule has 1 aromatic carbocycles. The summed E-state index contributed by atoms with van der Waals surface area (Å²) in [6.45, 7) is 2.73. The molecule has 2 fully saturated rings. The van der Waals surface area contributed by atoms with Crippen LogP contribution in [0, 0.1) is 11.3 Å². The van der Waals surface area contributed by atoms with Crippen molar-refractivity contribution in [3.05, 3.63) is 29.8 Å². The minimum atomic E-state index is -0.361. The second kappa shape index (κ2) is 9.95. The summed E-state index contributed by atoms with van der Waals surface area (Å²) in [6.07, 6.45) is 2.33. The Kier molecular flexibility index (Phi) is 7.09. The van der Waals surface area contributed by atoms with Crippen molar-refractivity contribution in [3.8, 4) is 11.8 Å². The number of para-hydroxylation sites is 1. The maximum atomic E-state index is 12.7. The number of carbonyl (C=O) groups is 2. The average molecular weight is 387 g/mol. The lowest BCUT2D eigenvalue weighted by molar-refractivity contribution is -0.138. The van der Waals surface area contributed by atoms with Gasteiger partial charge in [-0.2, -0.15) is 5.26 Å². The zero-order chi connectivity index (χ0) is 19.8. The van der Waals surface area contributed by atoms with E-state index in [1.807, 2.05) is 0 Å². The molecular formula is C20H25N3O5. The van der Waals surface area contributed by atoms with Crippen molar-refractivity contribution in [1.82, 2.24) is 9.80 Å². The van der Waals surface area contributed by atoms with Crippen molar-refractivity contribution in [1.29, 1.82) is 5.26 Å². The molecule has 0 aromatic heterocycles. The van der Waals surface area contributed by atoms with E-state index in [0.717, 1.165) is 19.3 Å². The van der Waals surface area contributed by atoms with Crippen molar-refractivity contribution in [2.75, 3.05) is 46.1 Å². The smallest absolute Gasteiger partial charge is 0.409 e. The molecule has 0 bridgehead atoms. The molecule has 1 atom stereocenters. The lowest BCUT2D eigenvalue weighted by atomic mass is 10.0. The highest BCUT2D eigenvalue weighted by Gasteiger charge is 2.29. The second-order valence-corrected chi connectivity index (χ2v) is 6.81. The Morgan fingerprint density at radius 1 is 1.18 bits per heavy atom. The molecule has 28 heavy (non-hydrogen) atoms. The monoisotopic (exact) mass is 387 g/mol. The van der Waals surface area contributed by atoms with Gasteiger partial charge in [-0.25, -0.2) is 4.79 Å². The van der Waals surface area contributed by atoms with Gasteiger partial charge in [0.15, 0.2) is 6.61 Å². The van der Waals surface area contributed by atoms with Gasteiger partial charge in [-0.3, -0.25) is 4.79 Å². The highest BCUT2D eigenvalue weighted by molar-refractivity contribution is 5.78. The lowest BCUT2D eigenvalue weighted by Gasteiger charge is -2.36. The predicted octanol–water partition coefficient (Wildman–Crippen LogP) is 1.79. The summed E-state index contributed by atoms with van der Waals surface area (Å²) in [4.78, 5) is 28.2. The third-order valence-electron chi connectivity index (χ3n) is 4.97. The summed E-state index contributed by atoms with van der Waals surface area (Å²) in [5.41, 5.74) is 0.393. The number of nitriles is 1. The van der Waals surface area contributed by atoms with Gasteiger partial charge in [0, 0.05) is 19.6 Å². The summed E-state index contributed by atoms with van der Waals surface area (Å²) in [5, 5.41) is 9.12. The molecule has 2 saturated heterocycles. The second-order valence-electron chi connectivity index (χ2n) is 6.81. The van der Waals surface area contributed by atoms with E-state index in [1.54, 1.807) is 34.1 Å². The molecule has 2 aliphatic heterocycles. The van der Waals surface area contributed by atoms with Crippen LogP contribution in [-0.2, 0) is 14.3 Å². The molecule has 0 N–H and O–H groups in total. The van der Waals surface area contributed by atoms with Crippen molar-refractivity contribution in [3.63, 3.8) is 0 Å². The summed E-state index contributed by atoms with van der Waals surface area (Å²) >= 11 is 0. The number of benzene rings is 1. The van der Waals surface area contributed by atoms with Gasteiger partial charge in [0.1, 0.15) is 18.4 Å². The van der Waals surface area contributed by atoms with Crippen LogP contribution in [0.25, 0.3) is 0 Å². The molecule has 0 unspecified atom stereocenters. The topological polar surface area (TPSA) is 92.1 Å². The fourth-order valence-electron chi connectivity index (χ4n) is 3.41. The number of piperidine rings is 1. The highest BCUT2D eigenvalue weighted by Crippen LogP contribution is 2.20. The zero-order valence-electron chi connectivity index (χ0n) is 15.8. The largest absolute Gasteiger partial charge is 0.482 e. The maximum absolute atomic E-state index is 12.7. The van der Waals surface area contributed by atoms with E-state index in [4.69, 9.17) is 19.5 Å². The number of carbonyl (C=O) groups excluding carboxylic acids is 2. The highest BCUT2D eigenvalue weighted by atomic mass is 16.6. The van der Waals surface area contributed by atoms with Crippen molar-refractivity contribution < 1.29 is 23.8 Å². The molecule has 2 amide bonds. The molecular weight excluding hydrogens is 362 g/mol. The number of amides is 2. The van der Waals surface area contributed by atoms with Gasteiger partial charge in [0.05, 0.1) is 24.8 Å². The van der Waals surface area contributed by atoms with Crippen LogP contribution in [0.5, 0.6) is 5.75 Å². The van der Waals surface area contributed by atoms with E-state index in [1.165, 1.54) is 0 Å². The summed E-state index contributed by atoms with van der Waals surface area (Å²) in [5.74, 6) is 0.227. The number of nitrogens with zero attached hydrogens (tertiary/aromatic N) is 3. The molecule has 150 valence electrons. The van der Waals surface area contributed by atoms with Crippen LogP contribution >= 0.6 is 0 Å². The van der Waals surface area contributed by atoms with Gasteiger partial charge in [0.25, 0.3) is 5.91 Å². The van der Waals surface area contributed by atoms with Gasteiger partial charge in [-0.05, 0) is 31.4 Å². The van der Waals surface area contributed by atoms with Gasteiger partial charge in [0.2, 0.25) is 0 Å². The Bertz CT molecular complexity index is 727. The van der Waals surface area contributed by atoms with E-state index in [-0.39, 0.29) is 31.3 Å². The Balaban J connectivity index is 1.52. The molecule has 0 saturated carbocycles. The summed E-state index contributed by atoms with van der Waals surface area (Å²) in [7, 11) is 0. The van der Waals surface area contributed by atoms with Crippen LogP contribution in [0.1, 0.15) is 24.8 Å². The number of morpholine rings is 1. The van der Waals surface area contributed by atoms with Crippen molar-refractivity contribution in [2.24, 2.45) is 0 Å². The summed E-state index contributed by atoms with van der Waals surface area (Å²) in [6, 6.07) is 8.72. The van der Waals surface area contributed by atoms with E-state index >= 15 is 0 Å². The fraction of sp³-hybridized carbons (Fsp3) is 0.550. The first-order valence-corrected chi connectivity index (χ1v) is 9.60. The predicted molar refractivity (Wildman–Crippen MR) is 99.7 cm³/mol. The first-order valence-electron chi connectivity index (χ1n) is 9.60.